The van der Waals surface area contributed by atoms with Crippen molar-refractivity contribution in [1.82, 2.24) is 15.0 Å². The minimum atomic E-state index is -0.907. The molecular weight excluding hydrogens is 390 g/mol. The zero-order valence-electron chi connectivity index (χ0n) is 15.1. The Balaban J connectivity index is 1.43. The molecule has 0 saturated carbocycles. The molecule has 0 unspecified atom stereocenters. The Morgan fingerprint density at radius 1 is 0.966 bits per heavy atom. The first-order valence-electron chi connectivity index (χ1n) is 9.00. The van der Waals surface area contributed by atoms with Crippen molar-refractivity contribution >= 4 is 22.4 Å². The highest BCUT2D eigenvalue weighted by Crippen LogP contribution is 2.25. The highest BCUT2D eigenvalue weighted by Gasteiger charge is 2.16. The molecule has 0 aliphatic carbocycles. The van der Waals surface area contributed by atoms with Crippen LogP contribution in [-0.2, 0) is 6.54 Å². The number of halogens is 2. The number of benzene rings is 2. The second-order valence-electron chi connectivity index (χ2n) is 6.61. The Morgan fingerprint density at radius 3 is 2.69 bits per heavy atom. The van der Waals surface area contributed by atoms with E-state index in [1.807, 2.05) is 58.7 Å². The number of rotatable bonds is 4. The largest absolute Gasteiger partial charge is 0.333 e. The zero-order chi connectivity index (χ0) is 19.8. The van der Waals surface area contributed by atoms with Crippen molar-refractivity contribution in [2.24, 2.45) is 0 Å². The van der Waals surface area contributed by atoms with Gasteiger partial charge in [-0.15, -0.1) is 11.3 Å². The van der Waals surface area contributed by atoms with Crippen molar-refractivity contribution in [3.8, 4) is 22.0 Å². The number of hydrogen-bond donors (Lipinski definition) is 1. The first-order chi connectivity index (χ1) is 14.2. The monoisotopic (exact) mass is 405 g/mol. The fraction of sp³-hybridized carbons (Fsp3) is 0.0455. The van der Waals surface area contributed by atoms with E-state index in [1.165, 1.54) is 12.1 Å². The molecule has 0 radical (unpaired) electrons. The third kappa shape index (κ3) is 3.40. The number of aromatic amines is 1. The van der Waals surface area contributed by atoms with Gasteiger partial charge in [0, 0.05) is 17.0 Å². The van der Waals surface area contributed by atoms with Gasteiger partial charge in [-0.25, -0.2) is 18.7 Å². The average Bonchev–Trinajstić information content (AvgIpc) is 3.37. The highest BCUT2D eigenvalue weighted by molar-refractivity contribution is 7.13. The molecule has 2 aromatic carbocycles. The molecule has 29 heavy (non-hydrogen) atoms. The average molecular weight is 405 g/mol. The van der Waals surface area contributed by atoms with Crippen molar-refractivity contribution in [1.29, 1.82) is 0 Å². The smallest absolute Gasteiger partial charge is 0.195 e. The Hall–Kier alpha value is -3.45. The summed E-state index contributed by atoms with van der Waals surface area (Å²) in [5.41, 5.74) is 3.58. The van der Waals surface area contributed by atoms with Crippen LogP contribution in [0.1, 0.15) is 5.69 Å². The van der Waals surface area contributed by atoms with Gasteiger partial charge in [-0.3, -0.25) is 0 Å². The molecule has 3 heterocycles. The molecule has 0 spiro atoms. The van der Waals surface area contributed by atoms with Crippen molar-refractivity contribution in [2.75, 3.05) is 0 Å². The number of nitrogens with one attached hydrogen (secondary N) is 1. The van der Waals surface area contributed by atoms with E-state index in [0.717, 1.165) is 27.8 Å². The molecule has 0 fully saturated rings. The zero-order valence-corrected chi connectivity index (χ0v) is 16.0. The number of nitrogens with zero attached hydrogens (tertiary/aromatic N) is 3. The SMILES string of the molecule is Fc1cccc(-c2nc3cc[n+](Cc4csc(-c5ccccc5)n4)cc3[nH]2)c1F. The molecule has 1 N–H and O–H groups in total. The summed E-state index contributed by atoms with van der Waals surface area (Å²) in [6.07, 6.45) is 3.79. The van der Waals surface area contributed by atoms with Crippen molar-refractivity contribution < 1.29 is 13.3 Å². The van der Waals surface area contributed by atoms with Crippen LogP contribution in [0, 0.1) is 11.6 Å². The molecule has 0 aliphatic rings. The third-order valence-corrected chi connectivity index (χ3v) is 5.54. The van der Waals surface area contributed by atoms with Crippen LogP contribution in [-0.4, -0.2) is 15.0 Å². The van der Waals surface area contributed by atoms with E-state index in [-0.39, 0.29) is 5.56 Å². The van der Waals surface area contributed by atoms with E-state index in [1.54, 1.807) is 11.3 Å². The van der Waals surface area contributed by atoms with Gasteiger partial charge in [0.05, 0.1) is 5.56 Å². The Labute approximate surface area is 169 Å². The van der Waals surface area contributed by atoms with Gasteiger partial charge in [0.25, 0.3) is 0 Å². The number of aromatic nitrogens is 4. The van der Waals surface area contributed by atoms with Gasteiger partial charge in [0.1, 0.15) is 27.6 Å². The molecule has 5 rings (SSSR count). The first kappa shape index (κ1) is 17.6. The summed E-state index contributed by atoms with van der Waals surface area (Å²) in [5.74, 6) is -1.50. The van der Waals surface area contributed by atoms with E-state index < -0.39 is 11.6 Å². The van der Waals surface area contributed by atoms with Gasteiger partial charge in [0.15, 0.2) is 30.6 Å². The van der Waals surface area contributed by atoms with Gasteiger partial charge < -0.3 is 4.98 Å². The maximum atomic E-state index is 14.1. The molecule has 7 heteroatoms. The maximum Gasteiger partial charge on any atom is 0.195 e. The lowest BCUT2D eigenvalue weighted by Crippen LogP contribution is -2.33. The fourth-order valence-electron chi connectivity index (χ4n) is 3.19. The van der Waals surface area contributed by atoms with Crippen molar-refractivity contribution in [3.05, 3.63) is 89.7 Å². The van der Waals surface area contributed by atoms with Crippen LogP contribution in [0.15, 0.2) is 72.4 Å². The normalized spacial score (nSPS) is 11.2. The van der Waals surface area contributed by atoms with Crippen LogP contribution < -0.4 is 4.57 Å². The summed E-state index contributed by atoms with van der Waals surface area (Å²) >= 11 is 1.61. The molecule has 0 amide bonds. The second-order valence-corrected chi connectivity index (χ2v) is 7.47. The standard InChI is InChI=1S/C22H14F2N4S/c23-17-8-4-7-16(20(17)24)21-26-18-9-10-28(12-19(18)27-21)11-15-13-29-22(25-15)14-5-2-1-3-6-14/h1-10,12-13H,11H2/p+1. The molecule has 3 aromatic heterocycles. The lowest BCUT2D eigenvalue weighted by atomic mass is 10.2. The second kappa shape index (κ2) is 7.18. The summed E-state index contributed by atoms with van der Waals surface area (Å²) in [4.78, 5) is 12.2. The summed E-state index contributed by atoms with van der Waals surface area (Å²) in [7, 11) is 0. The van der Waals surface area contributed by atoms with Gasteiger partial charge in [-0.2, -0.15) is 4.57 Å². The molecule has 0 saturated heterocycles. The number of pyridine rings is 1. The summed E-state index contributed by atoms with van der Waals surface area (Å²) in [6, 6.07) is 16.0. The summed E-state index contributed by atoms with van der Waals surface area (Å²) in [5, 5.41) is 3.02. The van der Waals surface area contributed by atoms with Gasteiger partial charge in [-0.1, -0.05) is 36.4 Å². The van der Waals surface area contributed by atoms with Crippen LogP contribution in [0.25, 0.3) is 33.0 Å². The molecule has 0 atom stereocenters. The van der Waals surface area contributed by atoms with Crippen LogP contribution in [0.5, 0.6) is 0 Å². The Bertz CT molecular complexity index is 1310. The van der Waals surface area contributed by atoms with Crippen LogP contribution in [0.3, 0.4) is 0 Å². The molecular formula is C22H15F2N4S+. The van der Waals surface area contributed by atoms with E-state index in [9.17, 15) is 8.78 Å². The molecule has 5 aromatic rings. The van der Waals surface area contributed by atoms with Crippen LogP contribution >= 0.6 is 11.3 Å². The first-order valence-corrected chi connectivity index (χ1v) is 9.88. The van der Waals surface area contributed by atoms with E-state index in [0.29, 0.717) is 17.9 Å². The van der Waals surface area contributed by atoms with Crippen LogP contribution in [0.4, 0.5) is 8.78 Å². The van der Waals surface area contributed by atoms with E-state index in [4.69, 9.17) is 4.98 Å². The van der Waals surface area contributed by atoms with Crippen molar-refractivity contribution in [2.45, 2.75) is 6.54 Å². The Kier molecular flexibility index (Phi) is 4.37. The number of fused-ring (bicyclic) bond motifs is 1. The maximum absolute atomic E-state index is 14.1. The lowest BCUT2D eigenvalue weighted by Gasteiger charge is -1.99. The lowest BCUT2D eigenvalue weighted by molar-refractivity contribution is -0.687. The predicted octanol–water partition coefficient (Wildman–Crippen LogP) is 4.97. The minimum Gasteiger partial charge on any atom is -0.333 e. The quantitative estimate of drug-likeness (QED) is 0.429. The summed E-state index contributed by atoms with van der Waals surface area (Å²) < 4.78 is 29.6. The Morgan fingerprint density at radius 2 is 1.83 bits per heavy atom. The van der Waals surface area contributed by atoms with Gasteiger partial charge >= 0.3 is 0 Å². The van der Waals surface area contributed by atoms with Gasteiger partial charge in [-0.05, 0) is 12.1 Å². The molecule has 142 valence electrons. The summed E-state index contributed by atoms with van der Waals surface area (Å²) in [6.45, 7) is 0.599. The number of hydrogen-bond acceptors (Lipinski definition) is 3. The topological polar surface area (TPSA) is 45.5 Å². The predicted molar refractivity (Wildman–Crippen MR) is 108 cm³/mol. The molecule has 0 bridgehead atoms. The number of thiazole rings is 1. The molecule has 0 aliphatic heterocycles. The fourth-order valence-corrected chi connectivity index (χ4v) is 4.01. The molecule has 4 nitrogen and oxygen atoms in total. The third-order valence-electron chi connectivity index (χ3n) is 4.60. The van der Waals surface area contributed by atoms with Crippen LogP contribution in [0.2, 0.25) is 0 Å². The van der Waals surface area contributed by atoms with E-state index >= 15 is 0 Å². The number of H-pyrrole nitrogens is 1. The number of imidazole rings is 1. The van der Waals surface area contributed by atoms with Crippen molar-refractivity contribution in [3.63, 3.8) is 0 Å². The van der Waals surface area contributed by atoms with E-state index in [2.05, 4.69) is 9.97 Å². The highest BCUT2D eigenvalue weighted by atomic mass is 32.1. The van der Waals surface area contributed by atoms with Gasteiger partial charge in [0.2, 0.25) is 0 Å². The minimum absolute atomic E-state index is 0.111.